The highest BCUT2D eigenvalue weighted by atomic mass is 19.4. The van der Waals surface area contributed by atoms with Crippen LogP contribution < -0.4 is 5.32 Å². The molecule has 1 unspecified atom stereocenters. The van der Waals surface area contributed by atoms with Crippen molar-refractivity contribution in [2.75, 3.05) is 13.2 Å². The molecule has 1 heterocycles. The van der Waals surface area contributed by atoms with Crippen LogP contribution in [0.25, 0.3) is 0 Å². The fourth-order valence-corrected chi connectivity index (χ4v) is 2.99. The first-order valence-corrected chi connectivity index (χ1v) is 6.96. The number of hydrogen-bond acceptors (Lipinski definition) is 2. The monoisotopic (exact) mass is 265 g/mol. The Balaban J connectivity index is 1.72. The molecule has 0 aromatic heterocycles. The van der Waals surface area contributed by atoms with Gasteiger partial charge in [-0.1, -0.05) is 0 Å². The van der Waals surface area contributed by atoms with Gasteiger partial charge in [-0.2, -0.15) is 13.2 Å². The molecule has 1 N–H and O–H groups in total. The van der Waals surface area contributed by atoms with Crippen LogP contribution in [-0.4, -0.2) is 31.5 Å². The van der Waals surface area contributed by atoms with Crippen LogP contribution in [0.5, 0.6) is 0 Å². The minimum atomic E-state index is -4.00. The van der Waals surface area contributed by atoms with Crippen molar-refractivity contribution in [2.45, 2.75) is 63.2 Å². The van der Waals surface area contributed by atoms with Crippen molar-refractivity contribution >= 4 is 0 Å². The van der Waals surface area contributed by atoms with Crippen LogP contribution >= 0.6 is 0 Å². The lowest BCUT2D eigenvalue weighted by Crippen LogP contribution is -2.42. The minimum Gasteiger partial charge on any atom is -0.381 e. The van der Waals surface area contributed by atoms with Crippen molar-refractivity contribution in [1.82, 2.24) is 5.32 Å². The molecule has 1 saturated carbocycles. The second kappa shape index (κ2) is 6.24. The van der Waals surface area contributed by atoms with Crippen molar-refractivity contribution < 1.29 is 17.9 Å². The van der Waals surface area contributed by atoms with Crippen LogP contribution in [0.1, 0.15) is 44.9 Å². The molecule has 2 aliphatic rings. The second-order valence-corrected chi connectivity index (χ2v) is 5.50. The normalized spacial score (nSPS) is 35.2. The molecule has 0 spiro atoms. The molecular weight excluding hydrogens is 243 g/mol. The van der Waals surface area contributed by atoms with E-state index in [0.29, 0.717) is 18.9 Å². The Morgan fingerprint density at radius 2 is 1.50 bits per heavy atom. The summed E-state index contributed by atoms with van der Waals surface area (Å²) in [5, 5.41) is 3.52. The first kappa shape index (κ1) is 14.1. The van der Waals surface area contributed by atoms with Gasteiger partial charge in [0.1, 0.15) is 0 Å². The number of nitrogens with one attached hydrogen (secondary N) is 1. The van der Waals surface area contributed by atoms with E-state index in [9.17, 15) is 13.2 Å². The standard InChI is InChI=1S/C13H22F3NO/c14-13(15,16)10-3-5-12(6-4-10)17-11-2-1-8-18-9-7-11/h10-12,17H,1-9H2. The van der Waals surface area contributed by atoms with Crippen LogP contribution in [0.15, 0.2) is 0 Å². The average molecular weight is 265 g/mol. The number of rotatable bonds is 2. The van der Waals surface area contributed by atoms with E-state index in [-0.39, 0.29) is 18.9 Å². The lowest BCUT2D eigenvalue weighted by Gasteiger charge is -2.32. The topological polar surface area (TPSA) is 21.3 Å². The Morgan fingerprint density at radius 1 is 0.833 bits per heavy atom. The second-order valence-electron chi connectivity index (χ2n) is 5.50. The highest BCUT2D eigenvalue weighted by Crippen LogP contribution is 2.37. The zero-order valence-corrected chi connectivity index (χ0v) is 10.6. The maximum Gasteiger partial charge on any atom is 0.391 e. The van der Waals surface area contributed by atoms with E-state index in [1.54, 1.807) is 0 Å². The van der Waals surface area contributed by atoms with Crippen molar-refractivity contribution in [2.24, 2.45) is 5.92 Å². The van der Waals surface area contributed by atoms with Crippen LogP contribution in [-0.2, 0) is 4.74 Å². The van der Waals surface area contributed by atoms with Gasteiger partial charge < -0.3 is 10.1 Å². The third kappa shape index (κ3) is 4.12. The van der Waals surface area contributed by atoms with Gasteiger partial charge in [-0.05, 0) is 44.9 Å². The van der Waals surface area contributed by atoms with E-state index in [4.69, 9.17) is 4.74 Å². The predicted molar refractivity (Wildman–Crippen MR) is 63.4 cm³/mol. The summed E-state index contributed by atoms with van der Waals surface area (Å²) in [5.74, 6) is -1.08. The lowest BCUT2D eigenvalue weighted by atomic mass is 9.85. The minimum absolute atomic E-state index is 0.270. The average Bonchev–Trinajstić information content (AvgIpc) is 2.57. The Labute approximate surface area is 106 Å². The quantitative estimate of drug-likeness (QED) is 0.827. The molecule has 18 heavy (non-hydrogen) atoms. The first-order chi connectivity index (χ1) is 8.55. The van der Waals surface area contributed by atoms with Crippen LogP contribution in [0.4, 0.5) is 13.2 Å². The first-order valence-electron chi connectivity index (χ1n) is 6.96. The molecule has 2 rings (SSSR count). The molecule has 1 aliphatic heterocycles. The highest BCUT2D eigenvalue weighted by molar-refractivity contribution is 4.83. The molecule has 0 bridgehead atoms. The van der Waals surface area contributed by atoms with E-state index < -0.39 is 12.1 Å². The molecule has 1 saturated heterocycles. The maximum atomic E-state index is 12.5. The molecule has 5 heteroatoms. The van der Waals surface area contributed by atoms with Crippen molar-refractivity contribution in [1.29, 1.82) is 0 Å². The summed E-state index contributed by atoms with van der Waals surface area (Å²) < 4.78 is 43.0. The summed E-state index contributed by atoms with van der Waals surface area (Å²) in [5.41, 5.74) is 0. The van der Waals surface area contributed by atoms with Gasteiger partial charge >= 0.3 is 6.18 Å². The molecule has 0 amide bonds. The van der Waals surface area contributed by atoms with E-state index in [0.717, 1.165) is 32.5 Å². The third-order valence-electron chi connectivity index (χ3n) is 4.11. The van der Waals surface area contributed by atoms with E-state index >= 15 is 0 Å². The van der Waals surface area contributed by atoms with Gasteiger partial charge in [0.15, 0.2) is 0 Å². The molecule has 106 valence electrons. The number of alkyl halides is 3. The Kier molecular flexibility index (Phi) is 4.90. The summed E-state index contributed by atoms with van der Waals surface area (Å²) in [4.78, 5) is 0. The predicted octanol–water partition coefficient (Wildman–Crippen LogP) is 3.27. The molecule has 1 atom stereocenters. The summed E-state index contributed by atoms with van der Waals surface area (Å²) >= 11 is 0. The van der Waals surface area contributed by atoms with Crippen LogP contribution in [0.2, 0.25) is 0 Å². The molecule has 2 nitrogen and oxygen atoms in total. The fourth-order valence-electron chi connectivity index (χ4n) is 2.99. The number of hydrogen-bond donors (Lipinski definition) is 1. The van der Waals surface area contributed by atoms with Gasteiger partial charge in [-0.15, -0.1) is 0 Å². The zero-order valence-electron chi connectivity index (χ0n) is 10.6. The molecule has 0 aromatic rings. The lowest BCUT2D eigenvalue weighted by molar-refractivity contribution is -0.182. The van der Waals surface area contributed by atoms with Crippen LogP contribution in [0, 0.1) is 5.92 Å². The van der Waals surface area contributed by atoms with Crippen molar-refractivity contribution in [3.05, 3.63) is 0 Å². The van der Waals surface area contributed by atoms with Gasteiger partial charge in [0.2, 0.25) is 0 Å². The summed E-state index contributed by atoms with van der Waals surface area (Å²) in [6.45, 7) is 1.59. The fraction of sp³-hybridized carbons (Fsp3) is 1.00. The summed E-state index contributed by atoms with van der Waals surface area (Å²) in [6.07, 6.45) is 0.993. The molecule has 2 fully saturated rings. The molecule has 0 radical (unpaired) electrons. The van der Waals surface area contributed by atoms with Gasteiger partial charge in [0.05, 0.1) is 5.92 Å². The van der Waals surface area contributed by atoms with Crippen LogP contribution in [0.3, 0.4) is 0 Å². The number of ether oxygens (including phenoxy) is 1. The molecular formula is C13H22F3NO. The Bertz CT molecular complexity index is 241. The van der Waals surface area contributed by atoms with Crippen molar-refractivity contribution in [3.8, 4) is 0 Å². The zero-order chi connectivity index (χ0) is 13.0. The van der Waals surface area contributed by atoms with Gasteiger partial charge in [0, 0.05) is 25.3 Å². The Morgan fingerprint density at radius 3 is 2.17 bits per heavy atom. The smallest absolute Gasteiger partial charge is 0.381 e. The maximum absolute atomic E-state index is 12.5. The molecule has 1 aliphatic carbocycles. The van der Waals surface area contributed by atoms with E-state index in [1.165, 1.54) is 0 Å². The van der Waals surface area contributed by atoms with Gasteiger partial charge in [0.25, 0.3) is 0 Å². The van der Waals surface area contributed by atoms with E-state index in [2.05, 4.69) is 5.32 Å². The SMILES string of the molecule is FC(F)(F)C1CCC(NC2CCCOCC2)CC1. The van der Waals surface area contributed by atoms with Gasteiger partial charge in [-0.25, -0.2) is 0 Å². The summed E-state index contributed by atoms with van der Waals surface area (Å²) in [6, 6.07) is 0.701. The van der Waals surface area contributed by atoms with E-state index in [1.807, 2.05) is 0 Å². The third-order valence-corrected chi connectivity index (χ3v) is 4.11. The molecule has 0 aromatic carbocycles. The Hall–Kier alpha value is -0.290. The largest absolute Gasteiger partial charge is 0.391 e. The van der Waals surface area contributed by atoms with Crippen molar-refractivity contribution in [3.63, 3.8) is 0 Å². The number of halogens is 3. The highest BCUT2D eigenvalue weighted by Gasteiger charge is 2.41. The van der Waals surface area contributed by atoms with Gasteiger partial charge in [-0.3, -0.25) is 0 Å². The summed E-state index contributed by atoms with van der Waals surface area (Å²) in [7, 11) is 0.